The number of nitrogens with one attached hydrogen (secondary N) is 1. The molecule has 0 bridgehead atoms. The molecular weight excluding hydrogens is 368 g/mol. The van der Waals surface area contributed by atoms with Crippen molar-refractivity contribution in [1.29, 1.82) is 0 Å². The van der Waals surface area contributed by atoms with Crippen LogP contribution in [0.2, 0.25) is 0 Å². The zero-order valence-corrected chi connectivity index (χ0v) is 16.2. The highest BCUT2D eigenvalue weighted by Crippen LogP contribution is 2.08. The molecule has 0 aliphatic heterocycles. The van der Waals surface area contributed by atoms with Gasteiger partial charge in [-0.1, -0.05) is 24.0 Å². The molecule has 2 rings (SSSR count). The van der Waals surface area contributed by atoms with E-state index in [9.17, 15) is 9.59 Å². The fourth-order valence-corrected chi connectivity index (χ4v) is 2.67. The Bertz CT molecular complexity index is 864. The number of unbranched alkanes of at least 4 members (excludes halogenated alkanes) is 1. The van der Waals surface area contributed by atoms with E-state index in [0.717, 1.165) is 30.4 Å². The zero-order valence-electron chi connectivity index (χ0n) is 16.2. The molecule has 1 amide bonds. The summed E-state index contributed by atoms with van der Waals surface area (Å²) in [5.74, 6) is 5.19. The third-order valence-corrected chi connectivity index (χ3v) is 4.41. The molecule has 0 unspecified atom stereocenters. The first kappa shape index (κ1) is 22.3. The number of benzene rings is 2. The van der Waals surface area contributed by atoms with E-state index < -0.39 is 24.3 Å². The van der Waals surface area contributed by atoms with Crippen LogP contribution < -0.4 is 11.1 Å². The first-order valence-electron chi connectivity index (χ1n) is 9.53. The molecule has 152 valence electrons. The molecule has 2 aromatic carbocycles. The van der Waals surface area contributed by atoms with Crippen molar-refractivity contribution >= 4 is 11.7 Å². The van der Waals surface area contributed by atoms with E-state index in [4.69, 9.17) is 15.9 Å². The smallest absolute Gasteiger partial charge is 0.251 e. The predicted molar refractivity (Wildman–Crippen MR) is 111 cm³/mol. The minimum Gasteiger partial charge on any atom is -0.396 e. The van der Waals surface area contributed by atoms with Crippen molar-refractivity contribution in [3.05, 3.63) is 70.8 Å². The van der Waals surface area contributed by atoms with Crippen LogP contribution >= 0.6 is 0 Å². The molecule has 29 heavy (non-hydrogen) atoms. The van der Waals surface area contributed by atoms with Crippen molar-refractivity contribution in [3.8, 4) is 11.8 Å². The van der Waals surface area contributed by atoms with Gasteiger partial charge in [0, 0.05) is 29.8 Å². The highest BCUT2D eigenvalue weighted by atomic mass is 16.3. The summed E-state index contributed by atoms with van der Waals surface area (Å²) in [5.41, 5.74) is 8.71. The molecule has 0 spiro atoms. The van der Waals surface area contributed by atoms with E-state index in [0.29, 0.717) is 5.56 Å². The standard InChI is InChI=1S/C23H26N2O4/c24-15-21(22(28)16-27)25-23(29)20-12-10-19(11-13-20)9-8-18-6-4-17(5-7-18)3-1-2-14-26/h4-7,10-13,21,26-27H,1-3,14-16,24H2,(H,25,29)/t21-/m0/s1. The fraction of sp³-hybridized carbons (Fsp3) is 0.304. The molecule has 2 aromatic rings. The SMILES string of the molecule is NC[C@H](NC(=O)c1ccc(C#Cc2ccc(CCCCO)cc2)cc1)C(=O)CO. The van der Waals surface area contributed by atoms with E-state index >= 15 is 0 Å². The Morgan fingerprint density at radius 3 is 2.03 bits per heavy atom. The lowest BCUT2D eigenvalue weighted by molar-refractivity contribution is -0.123. The summed E-state index contributed by atoms with van der Waals surface area (Å²) in [6.45, 7) is -0.520. The minimum absolute atomic E-state index is 0.0745. The maximum absolute atomic E-state index is 12.2. The van der Waals surface area contributed by atoms with Crippen molar-refractivity contribution in [3.63, 3.8) is 0 Å². The molecule has 0 radical (unpaired) electrons. The van der Waals surface area contributed by atoms with Gasteiger partial charge in [-0.25, -0.2) is 0 Å². The predicted octanol–water partition coefficient (Wildman–Crippen LogP) is 1.02. The summed E-state index contributed by atoms with van der Waals surface area (Å²) < 4.78 is 0. The Labute approximate surface area is 170 Å². The van der Waals surface area contributed by atoms with Crippen molar-refractivity contribution in [1.82, 2.24) is 5.32 Å². The average molecular weight is 394 g/mol. The number of amides is 1. The van der Waals surface area contributed by atoms with Gasteiger partial charge in [-0.3, -0.25) is 9.59 Å². The number of aryl methyl sites for hydroxylation is 1. The molecule has 5 N–H and O–H groups in total. The van der Waals surface area contributed by atoms with Crippen LogP contribution in [-0.2, 0) is 11.2 Å². The Morgan fingerprint density at radius 2 is 1.52 bits per heavy atom. The van der Waals surface area contributed by atoms with Crippen LogP contribution in [-0.4, -0.2) is 47.7 Å². The summed E-state index contributed by atoms with van der Waals surface area (Å²) in [7, 11) is 0. The van der Waals surface area contributed by atoms with Crippen LogP contribution in [0.4, 0.5) is 0 Å². The third-order valence-electron chi connectivity index (χ3n) is 4.41. The van der Waals surface area contributed by atoms with E-state index in [1.54, 1.807) is 24.3 Å². The van der Waals surface area contributed by atoms with Crippen LogP contribution in [0.25, 0.3) is 0 Å². The first-order chi connectivity index (χ1) is 14.1. The molecule has 0 saturated carbocycles. The number of ketones is 1. The third kappa shape index (κ3) is 7.16. The monoisotopic (exact) mass is 394 g/mol. The summed E-state index contributed by atoms with van der Waals surface area (Å²) in [5, 5.41) is 20.2. The van der Waals surface area contributed by atoms with Crippen molar-refractivity contribution in [2.24, 2.45) is 5.73 Å². The first-order valence-corrected chi connectivity index (χ1v) is 9.53. The average Bonchev–Trinajstić information content (AvgIpc) is 2.76. The molecule has 6 heteroatoms. The quantitative estimate of drug-likeness (QED) is 0.375. The fourth-order valence-electron chi connectivity index (χ4n) is 2.67. The van der Waals surface area contributed by atoms with Gasteiger partial charge in [-0.05, 0) is 61.2 Å². The topological polar surface area (TPSA) is 113 Å². The van der Waals surface area contributed by atoms with Crippen LogP contribution in [0.5, 0.6) is 0 Å². The Balaban J connectivity index is 1.97. The second kappa shape index (κ2) is 11.8. The molecule has 0 fully saturated rings. The zero-order chi connectivity index (χ0) is 21.1. The Morgan fingerprint density at radius 1 is 0.931 bits per heavy atom. The Kier molecular flexibility index (Phi) is 9.06. The summed E-state index contributed by atoms with van der Waals surface area (Å²) in [4.78, 5) is 23.7. The summed E-state index contributed by atoms with van der Waals surface area (Å²) in [6.07, 6.45) is 2.70. The number of carbonyl (C=O) groups is 2. The number of Topliss-reactive ketones (excluding diaryl/α,β-unsaturated/α-hetero) is 1. The van der Waals surface area contributed by atoms with Gasteiger partial charge in [-0.2, -0.15) is 0 Å². The van der Waals surface area contributed by atoms with E-state index in [1.807, 2.05) is 24.3 Å². The lowest BCUT2D eigenvalue weighted by Gasteiger charge is -2.14. The lowest BCUT2D eigenvalue weighted by Crippen LogP contribution is -2.46. The second-order valence-corrected chi connectivity index (χ2v) is 6.59. The van der Waals surface area contributed by atoms with Crippen molar-refractivity contribution in [2.45, 2.75) is 25.3 Å². The highest BCUT2D eigenvalue weighted by Gasteiger charge is 2.18. The van der Waals surface area contributed by atoms with E-state index in [-0.39, 0.29) is 13.2 Å². The molecule has 6 nitrogen and oxygen atoms in total. The van der Waals surface area contributed by atoms with Crippen molar-refractivity contribution < 1.29 is 19.8 Å². The molecule has 0 aromatic heterocycles. The maximum Gasteiger partial charge on any atom is 0.251 e. The number of hydrogen-bond acceptors (Lipinski definition) is 5. The number of nitrogens with two attached hydrogens (primary N) is 1. The number of aliphatic hydroxyl groups is 2. The molecule has 1 atom stereocenters. The van der Waals surface area contributed by atoms with Gasteiger partial charge < -0.3 is 21.3 Å². The maximum atomic E-state index is 12.2. The minimum atomic E-state index is -0.904. The molecule has 0 aliphatic rings. The lowest BCUT2D eigenvalue weighted by atomic mass is 10.1. The van der Waals surface area contributed by atoms with Gasteiger partial charge in [0.25, 0.3) is 5.91 Å². The van der Waals surface area contributed by atoms with Gasteiger partial charge >= 0.3 is 0 Å². The normalized spacial score (nSPS) is 11.3. The highest BCUT2D eigenvalue weighted by molar-refractivity contribution is 5.98. The summed E-state index contributed by atoms with van der Waals surface area (Å²) >= 11 is 0. The molecule has 0 heterocycles. The second-order valence-electron chi connectivity index (χ2n) is 6.59. The summed E-state index contributed by atoms with van der Waals surface area (Å²) in [6, 6.07) is 13.8. The number of carbonyl (C=O) groups excluding carboxylic acids is 2. The number of aliphatic hydroxyl groups excluding tert-OH is 2. The van der Waals surface area contributed by atoms with Crippen LogP contribution in [0.15, 0.2) is 48.5 Å². The van der Waals surface area contributed by atoms with Crippen LogP contribution in [0.1, 0.15) is 39.9 Å². The van der Waals surface area contributed by atoms with Gasteiger partial charge in [0.2, 0.25) is 0 Å². The van der Waals surface area contributed by atoms with Gasteiger partial charge in [-0.15, -0.1) is 0 Å². The number of hydrogen-bond donors (Lipinski definition) is 4. The van der Waals surface area contributed by atoms with E-state index in [1.165, 1.54) is 5.56 Å². The number of rotatable bonds is 9. The van der Waals surface area contributed by atoms with E-state index in [2.05, 4.69) is 17.2 Å². The van der Waals surface area contributed by atoms with Gasteiger partial charge in [0.15, 0.2) is 5.78 Å². The molecule has 0 saturated heterocycles. The van der Waals surface area contributed by atoms with Crippen LogP contribution in [0, 0.1) is 11.8 Å². The van der Waals surface area contributed by atoms with Crippen molar-refractivity contribution in [2.75, 3.05) is 19.8 Å². The van der Waals surface area contributed by atoms with Gasteiger partial charge in [0.1, 0.15) is 12.6 Å². The van der Waals surface area contributed by atoms with Gasteiger partial charge in [0.05, 0.1) is 0 Å². The van der Waals surface area contributed by atoms with Crippen LogP contribution in [0.3, 0.4) is 0 Å². The molecular formula is C23H26N2O4. The molecule has 0 aliphatic carbocycles. The largest absolute Gasteiger partial charge is 0.396 e. The Hall–Kier alpha value is -2.98.